The molecule has 1 atom stereocenters. The Morgan fingerprint density at radius 2 is 1.80 bits per heavy atom. The largest absolute Gasteiger partial charge is 0.380 e. The molecule has 4 aliphatic heterocycles. The van der Waals surface area contributed by atoms with E-state index in [1.165, 1.54) is 24.0 Å². The number of ether oxygens (including phenoxy) is 1. The monoisotopic (exact) mass is 545 g/mol. The minimum Gasteiger partial charge on any atom is -0.380 e. The number of rotatable bonds is 7. The Morgan fingerprint density at radius 3 is 2.55 bits per heavy atom. The number of hydrogen-bond donors (Lipinski definition) is 2. The minimum atomic E-state index is -0.606. The molecule has 3 amide bonds. The van der Waals surface area contributed by atoms with E-state index in [2.05, 4.69) is 45.6 Å². The first-order valence-electron chi connectivity index (χ1n) is 14.6. The summed E-state index contributed by atoms with van der Waals surface area (Å²) in [5.41, 5.74) is 6.13. The van der Waals surface area contributed by atoms with E-state index in [1.807, 2.05) is 18.2 Å². The van der Waals surface area contributed by atoms with Crippen molar-refractivity contribution in [2.75, 3.05) is 44.7 Å². The first-order valence-corrected chi connectivity index (χ1v) is 14.6. The van der Waals surface area contributed by atoms with Crippen LogP contribution in [0.3, 0.4) is 0 Å². The molecule has 2 aromatic rings. The fourth-order valence-electron chi connectivity index (χ4n) is 6.63. The van der Waals surface area contributed by atoms with Crippen molar-refractivity contribution in [2.24, 2.45) is 0 Å². The first-order chi connectivity index (χ1) is 19.5. The number of carbonyl (C=O) groups excluding carboxylic acids is 3. The van der Waals surface area contributed by atoms with Crippen LogP contribution < -0.4 is 10.6 Å². The van der Waals surface area contributed by atoms with Gasteiger partial charge >= 0.3 is 0 Å². The molecule has 9 heteroatoms. The molecule has 40 heavy (non-hydrogen) atoms. The van der Waals surface area contributed by atoms with Gasteiger partial charge in [-0.2, -0.15) is 0 Å². The zero-order chi connectivity index (χ0) is 27.6. The molecule has 0 radical (unpaired) electrons. The second-order valence-electron chi connectivity index (χ2n) is 11.5. The normalized spacial score (nSPS) is 22.9. The zero-order valence-electron chi connectivity index (χ0n) is 23.3. The maximum Gasteiger partial charge on any atom is 0.257 e. The van der Waals surface area contributed by atoms with E-state index in [9.17, 15) is 14.4 Å². The summed E-state index contributed by atoms with van der Waals surface area (Å²) in [5.74, 6) is -0.817. The van der Waals surface area contributed by atoms with Crippen molar-refractivity contribution in [3.63, 3.8) is 0 Å². The molecule has 9 nitrogen and oxygen atoms in total. The van der Waals surface area contributed by atoms with E-state index in [0.29, 0.717) is 31.1 Å². The summed E-state index contributed by atoms with van der Waals surface area (Å²) in [6.45, 7) is 10.3. The lowest BCUT2D eigenvalue weighted by atomic mass is 10.00. The predicted molar refractivity (Wildman–Crippen MR) is 152 cm³/mol. The molecule has 2 aromatic carbocycles. The molecule has 2 N–H and O–H groups in total. The van der Waals surface area contributed by atoms with Gasteiger partial charge in [0.25, 0.3) is 5.91 Å². The Bertz CT molecular complexity index is 1280. The van der Waals surface area contributed by atoms with Gasteiger partial charge in [0, 0.05) is 50.9 Å². The van der Waals surface area contributed by atoms with Gasteiger partial charge in [0.15, 0.2) is 0 Å². The third-order valence-corrected chi connectivity index (χ3v) is 8.96. The average molecular weight is 546 g/mol. The van der Waals surface area contributed by atoms with Crippen LogP contribution in [0.1, 0.15) is 58.3 Å². The van der Waals surface area contributed by atoms with Gasteiger partial charge in [-0.05, 0) is 67.6 Å². The number of morpholine rings is 1. The molecule has 0 saturated carbocycles. The summed E-state index contributed by atoms with van der Waals surface area (Å²) in [4.78, 5) is 44.1. The Labute approximate surface area is 235 Å². The second-order valence-corrected chi connectivity index (χ2v) is 11.5. The highest BCUT2D eigenvalue weighted by molar-refractivity contribution is 6.07. The van der Waals surface area contributed by atoms with E-state index < -0.39 is 6.04 Å². The van der Waals surface area contributed by atoms with Crippen molar-refractivity contribution in [3.8, 4) is 0 Å². The number of benzene rings is 2. The Hall–Kier alpha value is -3.27. The first kappa shape index (κ1) is 26.9. The molecule has 4 heterocycles. The minimum absolute atomic E-state index is 0.156. The third kappa shape index (κ3) is 5.64. The van der Waals surface area contributed by atoms with E-state index in [1.54, 1.807) is 4.90 Å². The summed E-state index contributed by atoms with van der Waals surface area (Å²) in [7, 11) is 0. The standard InChI is InChI=1S/C31H39N5O4/c1-21-17-22(5-6-23(21)19-34-11-9-25(10-12-34)35-13-15-40-16-14-35)18-32-26-4-2-3-24-20-36(31(39)29(24)26)27-7-8-28(37)33-30(27)38/h2-6,17,25,27,32H,7-16,18-20H2,1H3,(H,33,37,38). The molecule has 4 aliphatic rings. The van der Waals surface area contributed by atoms with E-state index in [-0.39, 0.29) is 24.1 Å². The average Bonchev–Trinajstić information content (AvgIpc) is 3.30. The number of imide groups is 1. The lowest BCUT2D eigenvalue weighted by molar-refractivity contribution is -0.136. The molecule has 0 aromatic heterocycles. The van der Waals surface area contributed by atoms with Crippen LogP contribution in [0.25, 0.3) is 0 Å². The number of nitrogens with one attached hydrogen (secondary N) is 2. The smallest absolute Gasteiger partial charge is 0.257 e. The SMILES string of the molecule is Cc1cc(CNc2cccc3c2C(=O)N(C2CCC(=O)NC2=O)C3)ccc1CN1CCC(N2CCOCC2)CC1. The van der Waals surface area contributed by atoms with Crippen LogP contribution in [-0.4, -0.2) is 83.9 Å². The highest BCUT2D eigenvalue weighted by atomic mass is 16.5. The molecule has 0 aliphatic carbocycles. The number of likely N-dealkylation sites (tertiary alicyclic amines) is 1. The molecule has 3 saturated heterocycles. The number of amides is 3. The van der Waals surface area contributed by atoms with Crippen molar-refractivity contribution in [1.82, 2.24) is 20.0 Å². The van der Waals surface area contributed by atoms with Gasteiger partial charge < -0.3 is 15.0 Å². The van der Waals surface area contributed by atoms with E-state index in [4.69, 9.17) is 4.74 Å². The number of nitrogens with zero attached hydrogens (tertiary/aromatic N) is 3. The molecule has 3 fully saturated rings. The molecule has 0 bridgehead atoms. The highest BCUT2D eigenvalue weighted by Crippen LogP contribution is 2.32. The van der Waals surface area contributed by atoms with Crippen LogP contribution in [0, 0.1) is 6.92 Å². The fourth-order valence-corrected chi connectivity index (χ4v) is 6.63. The molecular formula is C31H39N5O4. The molecule has 212 valence electrons. The number of anilines is 1. The molecule has 6 rings (SSSR count). The zero-order valence-corrected chi connectivity index (χ0v) is 23.3. The van der Waals surface area contributed by atoms with Crippen LogP contribution >= 0.6 is 0 Å². The van der Waals surface area contributed by atoms with E-state index >= 15 is 0 Å². The van der Waals surface area contributed by atoms with Crippen molar-refractivity contribution >= 4 is 23.4 Å². The van der Waals surface area contributed by atoms with Gasteiger partial charge in [-0.1, -0.05) is 30.3 Å². The highest BCUT2D eigenvalue weighted by Gasteiger charge is 2.40. The summed E-state index contributed by atoms with van der Waals surface area (Å²) in [6.07, 6.45) is 3.07. The van der Waals surface area contributed by atoms with Gasteiger partial charge in [-0.3, -0.25) is 29.5 Å². The van der Waals surface area contributed by atoms with Crippen LogP contribution in [0.15, 0.2) is 36.4 Å². The quantitative estimate of drug-likeness (QED) is 0.517. The second kappa shape index (κ2) is 11.7. The lowest BCUT2D eigenvalue weighted by Crippen LogP contribution is -2.52. The van der Waals surface area contributed by atoms with Crippen molar-refractivity contribution in [3.05, 3.63) is 64.2 Å². The van der Waals surface area contributed by atoms with E-state index in [0.717, 1.165) is 62.8 Å². The summed E-state index contributed by atoms with van der Waals surface area (Å²) in [5, 5.41) is 5.84. The molecular weight excluding hydrogens is 506 g/mol. The Kier molecular flexibility index (Phi) is 7.87. The van der Waals surface area contributed by atoms with Crippen LogP contribution in [-0.2, 0) is 34.0 Å². The topological polar surface area (TPSA) is 94.2 Å². The molecule has 0 spiro atoms. The van der Waals surface area contributed by atoms with Gasteiger partial charge in [-0.25, -0.2) is 0 Å². The van der Waals surface area contributed by atoms with Gasteiger partial charge in [-0.15, -0.1) is 0 Å². The summed E-state index contributed by atoms with van der Waals surface area (Å²) >= 11 is 0. The van der Waals surface area contributed by atoms with Gasteiger partial charge in [0.1, 0.15) is 6.04 Å². The third-order valence-electron chi connectivity index (χ3n) is 8.96. The Balaban J connectivity index is 1.05. The number of aryl methyl sites for hydroxylation is 1. The maximum absolute atomic E-state index is 13.4. The maximum atomic E-state index is 13.4. The number of piperidine rings is 2. The summed E-state index contributed by atoms with van der Waals surface area (Å²) < 4.78 is 5.52. The van der Waals surface area contributed by atoms with Crippen molar-refractivity contribution < 1.29 is 19.1 Å². The van der Waals surface area contributed by atoms with Gasteiger partial charge in [0.2, 0.25) is 11.8 Å². The molecule has 1 unspecified atom stereocenters. The lowest BCUT2D eigenvalue weighted by Gasteiger charge is -2.40. The van der Waals surface area contributed by atoms with Crippen molar-refractivity contribution in [1.29, 1.82) is 0 Å². The fraction of sp³-hybridized carbons (Fsp3) is 0.516. The number of fused-ring (bicyclic) bond motifs is 1. The summed E-state index contributed by atoms with van der Waals surface area (Å²) in [6, 6.07) is 12.5. The number of hydrogen-bond acceptors (Lipinski definition) is 7. The Morgan fingerprint density at radius 1 is 1.00 bits per heavy atom. The number of carbonyl (C=O) groups is 3. The van der Waals surface area contributed by atoms with Crippen LogP contribution in [0.5, 0.6) is 0 Å². The van der Waals surface area contributed by atoms with Crippen LogP contribution in [0.2, 0.25) is 0 Å². The predicted octanol–water partition coefficient (Wildman–Crippen LogP) is 2.66. The van der Waals surface area contributed by atoms with Gasteiger partial charge in [0.05, 0.1) is 18.8 Å². The van der Waals surface area contributed by atoms with Crippen molar-refractivity contribution in [2.45, 2.75) is 64.3 Å². The van der Waals surface area contributed by atoms with Crippen LogP contribution in [0.4, 0.5) is 5.69 Å².